The van der Waals surface area contributed by atoms with Gasteiger partial charge in [-0.15, -0.1) is 0 Å². The molecule has 0 aliphatic carbocycles. The number of halogens is 4. The van der Waals surface area contributed by atoms with E-state index in [1.54, 1.807) is 6.92 Å². The largest absolute Gasteiger partial charge is 0.211 e. The Labute approximate surface area is 123 Å². The minimum absolute atomic E-state index is 0.203. The first-order chi connectivity index (χ1) is 8.97. The molecule has 2 rings (SSSR count). The van der Waals surface area contributed by atoms with E-state index in [1.807, 2.05) is 0 Å². The molecule has 0 aliphatic rings. The molecule has 0 amide bonds. The van der Waals surface area contributed by atoms with Crippen LogP contribution in [-0.2, 0) is 0 Å². The fraction of sp³-hybridized carbons (Fsp3) is 0.167. The third kappa shape index (κ3) is 3.55. The molecule has 0 fully saturated rings. The monoisotopic (exact) mass is 320 g/mol. The third-order valence-electron chi connectivity index (χ3n) is 2.34. The molecule has 0 radical (unpaired) electrons. The van der Waals surface area contributed by atoms with Crippen molar-refractivity contribution in [2.75, 3.05) is 0 Å². The summed E-state index contributed by atoms with van der Waals surface area (Å²) in [6, 6.07) is 5.45. The molecule has 0 spiro atoms. The van der Waals surface area contributed by atoms with Gasteiger partial charge in [-0.3, -0.25) is 0 Å². The average Bonchev–Trinajstić information content (AvgIpc) is 2.31. The highest BCUT2D eigenvalue weighted by Crippen LogP contribution is 2.35. The van der Waals surface area contributed by atoms with Gasteiger partial charge >= 0.3 is 0 Å². The Kier molecular flexibility index (Phi) is 4.60. The molecular formula is C12H8Cl2F2N2S. The fourth-order valence-electron chi connectivity index (χ4n) is 1.48. The van der Waals surface area contributed by atoms with Gasteiger partial charge in [0, 0.05) is 16.9 Å². The van der Waals surface area contributed by atoms with Crippen molar-refractivity contribution in [3.8, 4) is 0 Å². The van der Waals surface area contributed by atoms with Crippen LogP contribution in [0.2, 0.25) is 10.3 Å². The van der Waals surface area contributed by atoms with Crippen LogP contribution in [0.1, 0.15) is 17.7 Å². The molecule has 7 heteroatoms. The van der Waals surface area contributed by atoms with Crippen molar-refractivity contribution in [3.63, 3.8) is 0 Å². The predicted octanol–water partition coefficient (Wildman–Crippen LogP) is 4.91. The highest BCUT2D eigenvalue weighted by atomic mass is 35.5. The molecule has 0 bridgehead atoms. The van der Waals surface area contributed by atoms with Crippen molar-refractivity contribution in [3.05, 3.63) is 51.8 Å². The summed E-state index contributed by atoms with van der Waals surface area (Å²) in [7, 11) is 0. The van der Waals surface area contributed by atoms with Crippen LogP contribution in [0.15, 0.2) is 29.4 Å². The van der Waals surface area contributed by atoms with Crippen LogP contribution in [-0.4, -0.2) is 9.97 Å². The van der Waals surface area contributed by atoms with E-state index < -0.39 is 11.6 Å². The lowest BCUT2D eigenvalue weighted by atomic mass is 10.1. The van der Waals surface area contributed by atoms with Gasteiger partial charge < -0.3 is 0 Å². The molecule has 19 heavy (non-hydrogen) atoms. The summed E-state index contributed by atoms with van der Waals surface area (Å²) in [5, 5.41) is 0.350. The number of rotatable bonds is 3. The Morgan fingerprint density at radius 2 is 1.79 bits per heavy atom. The molecule has 1 aromatic heterocycles. The Bertz CT molecular complexity index is 590. The van der Waals surface area contributed by atoms with E-state index in [9.17, 15) is 8.78 Å². The van der Waals surface area contributed by atoms with Gasteiger partial charge in [0.1, 0.15) is 10.3 Å². The standard InChI is InChI=1S/C12H8Cl2F2N2S/c1-6(7-3-2-4-8(15)11(7)16)19-12-17-9(13)5-10(14)18-12/h2-6H,1H3. The molecule has 2 nitrogen and oxygen atoms in total. The normalized spacial score (nSPS) is 12.5. The number of hydrogen-bond acceptors (Lipinski definition) is 3. The van der Waals surface area contributed by atoms with Crippen LogP contribution in [0.25, 0.3) is 0 Å². The van der Waals surface area contributed by atoms with Gasteiger partial charge in [0.2, 0.25) is 0 Å². The van der Waals surface area contributed by atoms with E-state index >= 15 is 0 Å². The van der Waals surface area contributed by atoms with Gasteiger partial charge in [0.05, 0.1) is 0 Å². The third-order valence-corrected chi connectivity index (χ3v) is 3.73. The lowest BCUT2D eigenvalue weighted by Gasteiger charge is -2.11. The SMILES string of the molecule is CC(Sc1nc(Cl)cc(Cl)n1)c1cccc(F)c1F. The van der Waals surface area contributed by atoms with Gasteiger partial charge in [0.25, 0.3) is 0 Å². The molecule has 0 N–H and O–H groups in total. The van der Waals surface area contributed by atoms with E-state index in [2.05, 4.69) is 9.97 Å². The zero-order valence-corrected chi connectivity index (χ0v) is 12.0. The quantitative estimate of drug-likeness (QED) is 0.456. The van der Waals surface area contributed by atoms with Gasteiger partial charge in [-0.25, -0.2) is 18.7 Å². The van der Waals surface area contributed by atoms with Crippen molar-refractivity contribution >= 4 is 35.0 Å². The number of hydrogen-bond donors (Lipinski definition) is 0. The van der Waals surface area contributed by atoms with Gasteiger partial charge in [-0.1, -0.05) is 47.1 Å². The lowest BCUT2D eigenvalue weighted by Crippen LogP contribution is -1.98. The summed E-state index contributed by atoms with van der Waals surface area (Å²) in [5.41, 5.74) is 0.240. The molecule has 1 aromatic carbocycles. The Morgan fingerprint density at radius 3 is 2.42 bits per heavy atom. The van der Waals surface area contributed by atoms with Crippen LogP contribution in [0.3, 0.4) is 0 Å². The average molecular weight is 321 g/mol. The number of thioether (sulfide) groups is 1. The maximum absolute atomic E-state index is 13.6. The molecule has 1 unspecified atom stereocenters. The molecule has 100 valence electrons. The molecule has 0 saturated carbocycles. The Hall–Kier alpha value is -0.910. The van der Waals surface area contributed by atoms with E-state index in [0.717, 1.165) is 17.8 Å². The van der Waals surface area contributed by atoms with E-state index in [4.69, 9.17) is 23.2 Å². The van der Waals surface area contributed by atoms with Gasteiger partial charge in [-0.2, -0.15) is 0 Å². The molecule has 2 aromatic rings. The van der Waals surface area contributed by atoms with Crippen LogP contribution < -0.4 is 0 Å². The van der Waals surface area contributed by atoms with Crippen LogP contribution >= 0.6 is 35.0 Å². The first-order valence-electron chi connectivity index (χ1n) is 5.28. The maximum Gasteiger partial charge on any atom is 0.190 e. The van der Waals surface area contributed by atoms with E-state index in [1.165, 1.54) is 18.2 Å². The van der Waals surface area contributed by atoms with Crippen molar-refractivity contribution < 1.29 is 8.78 Å². The number of benzene rings is 1. The van der Waals surface area contributed by atoms with Gasteiger partial charge in [0.15, 0.2) is 16.8 Å². The topological polar surface area (TPSA) is 25.8 Å². The van der Waals surface area contributed by atoms with Crippen LogP contribution in [0.5, 0.6) is 0 Å². The second-order valence-electron chi connectivity index (χ2n) is 3.70. The molecular weight excluding hydrogens is 313 g/mol. The summed E-state index contributed by atoms with van der Waals surface area (Å²) in [5.74, 6) is -1.74. The fourth-order valence-corrected chi connectivity index (χ4v) is 2.93. The second-order valence-corrected chi connectivity index (χ2v) is 5.78. The van der Waals surface area contributed by atoms with Crippen molar-refractivity contribution in [1.82, 2.24) is 9.97 Å². The number of aromatic nitrogens is 2. The summed E-state index contributed by atoms with van der Waals surface area (Å²) in [6.07, 6.45) is 0. The molecule has 1 heterocycles. The van der Waals surface area contributed by atoms with E-state index in [-0.39, 0.29) is 21.1 Å². The summed E-state index contributed by atoms with van der Waals surface area (Å²) < 4.78 is 26.8. The summed E-state index contributed by atoms with van der Waals surface area (Å²) in [4.78, 5) is 7.94. The maximum atomic E-state index is 13.6. The molecule has 0 saturated heterocycles. The Morgan fingerprint density at radius 1 is 1.16 bits per heavy atom. The number of nitrogens with zero attached hydrogens (tertiary/aromatic N) is 2. The lowest BCUT2D eigenvalue weighted by molar-refractivity contribution is 0.499. The van der Waals surface area contributed by atoms with Gasteiger partial charge in [-0.05, 0) is 13.0 Å². The smallest absolute Gasteiger partial charge is 0.190 e. The van der Waals surface area contributed by atoms with Crippen molar-refractivity contribution in [1.29, 1.82) is 0 Å². The summed E-state index contributed by atoms with van der Waals surface area (Å²) >= 11 is 12.7. The zero-order valence-electron chi connectivity index (χ0n) is 9.70. The van der Waals surface area contributed by atoms with Crippen molar-refractivity contribution in [2.45, 2.75) is 17.3 Å². The highest BCUT2D eigenvalue weighted by molar-refractivity contribution is 7.99. The highest BCUT2D eigenvalue weighted by Gasteiger charge is 2.17. The molecule has 0 aliphatic heterocycles. The summed E-state index contributed by atoms with van der Waals surface area (Å²) in [6.45, 7) is 1.72. The first-order valence-corrected chi connectivity index (χ1v) is 6.91. The molecule has 1 atom stereocenters. The minimum atomic E-state index is -0.880. The van der Waals surface area contributed by atoms with Crippen LogP contribution in [0, 0.1) is 11.6 Å². The Balaban J connectivity index is 2.25. The second kappa shape index (κ2) is 6.03. The first kappa shape index (κ1) is 14.5. The minimum Gasteiger partial charge on any atom is -0.211 e. The van der Waals surface area contributed by atoms with E-state index in [0.29, 0.717) is 5.16 Å². The van der Waals surface area contributed by atoms with Crippen LogP contribution in [0.4, 0.5) is 8.78 Å². The zero-order chi connectivity index (χ0) is 14.0. The predicted molar refractivity (Wildman–Crippen MR) is 72.7 cm³/mol. The van der Waals surface area contributed by atoms with Crippen molar-refractivity contribution in [2.24, 2.45) is 0 Å².